The third-order valence-electron chi connectivity index (χ3n) is 2.07. The van der Waals surface area contributed by atoms with Gasteiger partial charge in [-0.1, -0.05) is 0 Å². The summed E-state index contributed by atoms with van der Waals surface area (Å²) >= 11 is 0. The number of fused-ring (bicyclic) bond motifs is 1. The van der Waals surface area contributed by atoms with Gasteiger partial charge in [-0.25, -0.2) is 0 Å². The maximum absolute atomic E-state index is 5.69. The molecule has 2 N–H and O–H groups in total. The molecule has 0 bridgehead atoms. The Morgan fingerprint density at radius 1 is 1.38 bits per heavy atom. The molecule has 0 amide bonds. The summed E-state index contributed by atoms with van der Waals surface area (Å²) in [5.41, 5.74) is 5.69. The second-order valence-corrected chi connectivity index (χ2v) is 2.73. The highest BCUT2D eigenvalue weighted by molar-refractivity contribution is 4.96. The molecule has 1 aliphatic carbocycles. The average Bonchev–Trinajstić information content (AvgIpc) is 2.45. The van der Waals surface area contributed by atoms with E-state index >= 15 is 0 Å². The SMILES string of the molecule is N[C@@H]1CCC[C@@H]2O[C@H]12. The van der Waals surface area contributed by atoms with Crippen molar-refractivity contribution >= 4 is 0 Å². The van der Waals surface area contributed by atoms with Gasteiger partial charge in [0.1, 0.15) is 0 Å². The van der Waals surface area contributed by atoms with Crippen LogP contribution in [0.1, 0.15) is 19.3 Å². The van der Waals surface area contributed by atoms with Gasteiger partial charge < -0.3 is 10.5 Å². The molecule has 2 heteroatoms. The van der Waals surface area contributed by atoms with E-state index in [0.29, 0.717) is 18.2 Å². The van der Waals surface area contributed by atoms with E-state index in [1.165, 1.54) is 19.3 Å². The first-order valence-corrected chi connectivity index (χ1v) is 3.29. The molecule has 46 valence electrons. The molecule has 2 aliphatic rings. The largest absolute Gasteiger partial charge is 0.368 e. The third-order valence-corrected chi connectivity index (χ3v) is 2.07. The van der Waals surface area contributed by atoms with Crippen molar-refractivity contribution in [2.75, 3.05) is 0 Å². The fourth-order valence-corrected chi connectivity index (χ4v) is 1.48. The van der Waals surface area contributed by atoms with Gasteiger partial charge in [0.25, 0.3) is 0 Å². The van der Waals surface area contributed by atoms with Crippen LogP contribution < -0.4 is 5.73 Å². The number of nitrogens with two attached hydrogens (primary N) is 1. The van der Waals surface area contributed by atoms with Crippen LogP contribution in [0.3, 0.4) is 0 Å². The molecule has 0 aromatic rings. The van der Waals surface area contributed by atoms with E-state index in [9.17, 15) is 0 Å². The van der Waals surface area contributed by atoms with Gasteiger partial charge in [0.2, 0.25) is 0 Å². The quantitative estimate of drug-likeness (QED) is 0.458. The Labute approximate surface area is 49.0 Å². The zero-order valence-electron chi connectivity index (χ0n) is 4.84. The molecule has 1 saturated heterocycles. The normalized spacial score (nSPS) is 52.9. The molecular weight excluding hydrogens is 102 g/mol. The molecule has 8 heavy (non-hydrogen) atoms. The number of rotatable bonds is 0. The van der Waals surface area contributed by atoms with Crippen LogP contribution in [0.4, 0.5) is 0 Å². The molecule has 2 nitrogen and oxygen atoms in total. The number of hydrogen-bond acceptors (Lipinski definition) is 2. The second-order valence-electron chi connectivity index (χ2n) is 2.73. The lowest BCUT2D eigenvalue weighted by Crippen LogP contribution is -2.30. The van der Waals surface area contributed by atoms with Crippen molar-refractivity contribution in [2.45, 2.75) is 37.5 Å². The van der Waals surface area contributed by atoms with Crippen LogP contribution in [0.25, 0.3) is 0 Å². The van der Waals surface area contributed by atoms with Crippen LogP contribution in [0.2, 0.25) is 0 Å². The van der Waals surface area contributed by atoms with Gasteiger partial charge in [-0.2, -0.15) is 0 Å². The summed E-state index contributed by atoms with van der Waals surface area (Å²) in [4.78, 5) is 0. The summed E-state index contributed by atoms with van der Waals surface area (Å²) < 4.78 is 5.27. The highest BCUT2D eigenvalue weighted by Gasteiger charge is 2.45. The third kappa shape index (κ3) is 0.565. The van der Waals surface area contributed by atoms with Gasteiger partial charge in [-0.05, 0) is 19.3 Å². The van der Waals surface area contributed by atoms with E-state index in [0.717, 1.165) is 0 Å². The molecule has 1 aliphatic heterocycles. The van der Waals surface area contributed by atoms with Crippen molar-refractivity contribution < 1.29 is 4.74 Å². The minimum Gasteiger partial charge on any atom is -0.368 e. The Morgan fingerprint density at radius 3 is 2.88 bits per heavy atom. The van der Waals surface area contributed by atoms with Gasteiger partial charge in [0, 0.05) is 6.04 Å². The van der Waals surface area contributed by atoms with Crippen LogP contribution in [0.15, 0.2) is 0 Å². The molecule has 2 fully saturated rings. The monoisotopic (exact) mass is 113 g/mol. The summed E-state index contributed by atoms with van der Waals surface area (Å²) in [5.74, 6) is 0. The number of hydrogen-bond donors (Lipinski definition) is 1. The predicted molar refractivity (Wildman–Crippen MR) is 30.5 cm³/mol. The topological polar surface area (TPSA) is 38.5 Å². The molecule has 1 heterocycles. The Hall–Kier alpha value is -0.0800. The lowest BCUT2D eigenvalue weighted by atomic mass is 9.97. The van der Waals surface area contributed by atoms with Crippen molar-refractivity contribution in [3.05, 3.63) is 0 Å². The molecule has 0 unspecified atom stereocenters. The van der Waals surface area contributed by atoms with Crippen LogP contribution >= 0.6 is 0 Å². The van der Waals surface area contributed by atoms with Crippen molar-refractivity contribution in [1.29, 1.82) is 0 Å². The molecule has 1 saturated carbocycles. The lowest BCUT2D eigenvalue weighted by Gasteiger charge is -2.11. The van der Waals surface area contributed by atoms with Crippen molar-refractivity contribution in [2.24, 2.45) is 5.73 Å². The molecule has 0 spiro atoms. The predicted octanol–water partition coefficient (Wildman–Crippen LogP) is 0.265. The van der Waals surface area contributed by atoms with E-state index in [1.807, 2.05) is 0 Å². The van der Waals surface area contributed by atoms with Crippen LogP contribution in [0, 0.1) is 0 Å². The highest BCUT2D eigenvalue weighted by atomic mass is 16.6. The first-order valence-electron chi connectivity index (χ1n) is 3.29. The van der Waals surface area contributed by atoms with Crippen LogP contribution in [-0.2, 0) is 4.74 Å². The minimum atomic E-state index is 0.355. The maximum Gasteiger partial charge on any atom is 0.0992 e. The molecule has 0 radical (unpaired) electrons. The van der Waals surface area contributed by atoms with E-state index < -0.39 is 0 Å². The fourth-order valence-electron chi connectivity index (χ4n) is 1.48. The number of ether oxygens (including phenoxy) is 1. The van der Waals surface area contributed by atoms with Crippen molar-refractivity contribution in [1.82, 2.24) is 0 Å². The summed E-state index contributed by atoms with van der Waals surface area (Å²) in [6, 6.07) is 0.355. The van der Waals surface area contributed by atoms with Crippen LogP contribution in [-0.4, -0.2) is 18.2 Å². The molecule has 0 aromatic carbocycles. The van der Waals surface area contributed by atoms with E-state index in [-0.39, 0.29) is 0 Å². The lowest BCUT2D eigenvalue weighted by molar-refractivity contribution is 0.359. The zero-order valence-corrected chi connectivity index (χ0v) is 4.84. The van der Waals surface area contributed by atoms with E-state index in [4.69, 9.17) is 10.5 Å². The Kier molecular flexibility index (Phi) is 0.866. The molecule has 3 atom stereocenters. The molecular formula is C6H11NO. The summed E-state index contributed by atoms with van der Waals surface area (Å²) in [6.07, 6.45) is 4.68. The second kappa shape index (κ2) is 1.45. The first-order chi connectivity index (χ1) is 3.88. The van der Waals surface area contributed by atoms with Gasteiger partial charge >= 0.3 is 0 Å². The smallest absolute Gasteiger partial charge is 0.0992 e. The fraction of sp³-hybridized carbons (Fsp3) is 1.00. The number of epoxide rings is 1. The summed E-state index contributed by atoms with van der Waals surface area (Å²) in [5, 5.41) is 0. The van der Waals surface area contributed by atoms with E-state index in [1.54, 1.807) is 0 Å². The van der Waals surface area contributed by atoms with Crippen LogP contribution in [0.5, 0.6) is 0 Å². The van der Waals surface area contributed by atoms with Gasteiger partial charge in [0.05, 0.1) is 12.2 Å². The first kappa shape index (κ1) is 4.77. The van der Waals surface area contributed by atoms with Gasteiger partial charge in [-0.3, -0.25) is 0 Å². The molecule has 2 rings (SSSR count). The Balaban J connectivity index is 1.99. The molecule has 0 aromatic heterocycles. The van der Waals surface area contributed by atoms with Crippen molar-refractivity contribution in [3.63, 3.8) is 0 Å². The van der Waals surface area contributed by atoms with Gasteiger partial charge in [-0.15, -0.1) is 0 Å². The Bertz CT molecular complexity index is 105. The average molecular weight is 113 g/mol. The van der Waals surface area contributed by atoms with Crippen molar-refractivity contribution in [3.8, 4) is 0 Å². The minimum absolute atomic E-state index is 0.355. The zero-order chi connectivity index (χ0) is 5.56. The highest BCUT2D eigenvalue weighted by Crippen LogP contribution is 2.35. The summed E-state index contributed by atoms with van der Waals surface area (Å²) in [7, 11) is 0. The Morgan fingerprint density at radius 2 is 2.25 bits per heavy atom. The maximum atomic E-state index is 5.69. The standard InChI is InChI=1S/C6H11NO/c7-4-2-1-3-5-6(4)8-5/h4-6H,1-3,7H2/t4-,5+,6-/m1/s1. The van der Waals surface area contributed by atoms with Gasteiger partial charge in [0.15, 0.2) is 0 Å². The van der Waals surface area contributed by atoms with E-state index in [2.05, 4.69) is 0 Å². The summed E-state index contributed by atoms with van der Waals surface area (Å²) in [6.45, 7) is 0.